The van der Waals surface area contributed by atoms with E-state index in [1.165, 1.54) is 18.2 Å². The van der Waals surface area contributed by atoms with Crippen LogP contribution < -0.4 is 29.6 Å². The second-order valence-corrected chi connectivity index (χ2v) is 3.70. The number of nitrogens with zero attached hydrogens (tertiary/aromatic N) is 2. The summed E-state index contributed by atoms with van der Waals surface area (Å²) in [6.07, 6.45) is 0. The van der Waals surface area contributed by atoms with Crippen LogP contribution in [0.3, 0.4) is 0 Å². The molecular formula is C8H3N2NaO3S. The monoisotopic (exact) mass is 230 g/mol. The Morgan fingerprint density at radius 1 is 1.20 bits per heavy atom. The topological polar surface area (TPSA) is 105 Å². The van der Waals surface area contributed by atoms with Crippen LogP contribution in [0.4, 0.5) is 0 Å². The van der Waals surface area contributed by atoms with Gasteiger partial charge in [0.25, 0.3) is 0 Å². The van der Waals surface area contributed by atoms with Crippen molar-refractivity contribution in [3.8, 4) is 12.1 Å². The van der Waals surface area contributed by atoms with Crippen molar-refractivity contribution in [1.29, 1.82) is 10.5 Å². The van der Waals surface area contributed by atoms with Crippen LogP contribution in [0.5, 0.6) is 0 Å². The first-order chi connectivity index (χ1) is 6.50. The summed E-state index contributed by atoms with van der Waals surface area (Å²) in [6, 6.07) is 6.67. The van der Waals surface area contributed by atoms with Crippen LogP contribution in [0.15, 0.2) is 23.1 Å². The fourth-order valence-electron chi connectivity index (χ4n) is 0.948. The predicted octanol–water partition coefficient (Wildman–Crippen LogP) is -2.66. The second-order valence-electron chi connectivity index (χ2n) is 2.36. The van der Waals surface area contributed by atoms with Crippen molar-refractivity contribution >= 4 is 10.1 Å². The fourth-order valence-corrected chi connectivity index (χ4v) is 1.60. The van der Waals surface area contributed by atoms with E-state index in [0.717, 1.165) is 6.07 Å². The minimum absolute atomic E-state index is 0. The third-order valence-electron chi connectivity index (χ3n) is 1.53. The molecule has 0 unspecified atom stereocenters. The largest absolute Gasteiger partial charge is 1.00 e. The molecular weight excluding hydrogens is 227 g/mol. The van der Waals surface area contributed by atoms with E-state index in [4.69, 9.17) is 10.5 Å². The van der Waals surface area contributed by atoms with Gasteiger partial charge in [-0.05, 0) is 12.1 Å². The Morgan fingerprint density at radius 2 is 1.80 bits per heavy atom. The summed E-state index contributed by atoms with van der Waals surface area (Å²) in [4.78, 5) is -0.654. The van der Waals surface area contributed by atoms with Gasteiger partial charge in [-0.1, -0.05) is 6.07 Å². The van der Waals surface area contributed by atoms with Gasteiger partial charge in [0.1, 0.15) is 22.3 Å². The minimum Gasteiger partial charge on any atom is -0.744 e. The Balaban J connectivity index is 0.00000196. The summed E-state index contributed by atoms with van der Waals surface area (Å²) in [5, 5.41) is 17.1. The van der Waals surface area contributed by atoms with E-state index in [0.29, 0.717) is 0 Å². The van der Waals surface area contributed by atoms with Gasteiger partial charge in [0, 0.05) is 0 Å². The summed E-state index contributed by atoms with van der Waals surface area (Å²) >= 11 is 0. The molecule has 1 rings (SSSR count). The number of benzene rings is 1. The first-order valence-corrected chi connectivity index (χ1v) is 4.80. The summed E-state index contributed by atoms with van der Waals surface area (Å²) in [5.74, 6) is 0. The van der Waals surface area contributed by atoms with Crippen molar-refractivity contribution < 1.29 is 42.5 Å². The van der Waals surface area contributed by atoms with Gasteiger partial charge in [0.2, 0.25) is 0 Å². The molecule has 0 fully saturated rings. The van der Waals surface area contributed by atoms with Gasteiger partial charge < -0.3 is 4.55 Å². The standard InChI is InChI=1S/C8H4N2O3S.Na/c9-4-6-2-1-3-8(7(6)5-10)14(11,12)13;/h1-3H,(H,11,12,13);/q;+1/p-1. The Morgan fingerprint density at radius 3 is 2.20 bits per heavy atom. The van der Waals surface area contributed by atoms with E-state index in [9.17, 15) is 13.0 Å². The van der Waals surface area contributed by atoms with Crippen LogP contribution in [0.2, 0.25) is 0 Å². The van der Waals surface area contributed by atoms with Gasteiger partial charge in [-0.3, -0.25) is 0 Å². The van der Waals surface area contributed by atoms with Crippen molar-refractivity contribution in [2.75, 3.05) is 0 Å². The minimum atomic E-state index is -4.70. The number of nitriles is 2. The van der Waals surface area contributed by atoms with E-state index in [2.05, 4.69) is 0 Å². The molecule has 15 heavy (non-hydrogen) atoms. The van der Waals surface area contributed by atoms with Crippen LogP contribution in [-0.2, 0) is 10.1 Å². The molecule has 0 aliphatic rings. The van der Waals surface area contributed by atoms with Gasteiger partial charge in [-0.25, -0.2) is 8.42 Å². The fraction of sp³-hybridized carbons (Fsp3) is 0. The third kappa shape index (κ3) is 3.03. The number of hydrogen-bond donors (Lipinski definition) is 0. The zero-order valence-corrected chi connectivity index (χ0v) is 10.6. The molecule has 0 spiro atoms. The number of rotatable bonds is 1. The normalized spacial score (nSPS) is 9.53. The van der Waals surface area contributed by atoms with Gasteiger partial charge >= 0.3 is 29.6 Å². The maximum absolute atomic E-state index is 10.7. The van der Waals surface area contributed by atoms with E-state index in [1.807, 2.05) is 0 Å². The maximum Gasteiger partial charge on any atom is 1.00 e. The molecule has 1 aromatic carbocycles. The molecule has 0 atom stereocenters. The quantitative estimate of drug-likeness (QED) is 0.386. The SMILES string of the molecule is N#Cc1cccc(S(=O)(=O)[O-])c1C#N.[Na+]. The second kappa shape index (κ2) is 5.26. The summed E-state index contributed by atoms with van der Waals surface area (Å²) in [6.45, 7) is 0. The molecule has 0 saturated carbocycles. The van der Waals surface area contributed by atoms with Gasteiger partial charge in [0.05, 0.1) is 16.0 Å². The van der Waals surface area contributed by atoms with Crippen molar-refractivity contribution in [1.82, 2.24) is 0 Å². The Labute approximate surface area is 109 Å². The molecule has 0 saturated heterocycles. The Hall–Kier alpha value is -0.890. The average Bonchev–Trinajstić information content (AvgIpc) is 2.15. The molecule has 5 nitrogen and oxygen atoms in total. The van der Waals surface area contributed by atoms with Crippen LogP contribution in [0, 0.1) is 22.7 Å². The van der Waals surface area contributed by atoms with Crippen molar-refractivity contribution in [2.24, 2.45) is 0 Å². The molecule has 7 heteroatoms. The summed E-state index contributed by atoms with van der Waals surface area (Å²) < 4.78 is 32.0. The predicted molar refractivity (Wildman–Crippen MR) is 43.8 cm³/mol. The van der Waals surface area contributed by atoms with E-state index < -0.39 is 20.6 Å². The van der Waals surface area contributed by atoms with Crippen molar-refractivity contribution in [3.63, 3.8) is 0 Å². The molecule has 0 N–H and O–H groups in total. The average molecular weight is 230 g/mol. The van der Waals surface area contributed by atoms with Gasteiger partial charge in [-0.15, -0.1) is 0 Å². The van der Waals surface area contributed by atoms with Crippen LogP contribution in [0.25, 0.3) is 0 Å². The first-order valence-electron chi connectivity index (χ1n) is 3.40. The molecule has 0 amide bonds. The number of hydrogen-bond acceptors (Lipinski definition) is 5. The van der Waals surface area contributed by atoms with E-state index in [1.54, 1.807) is 6.07 Å². The summed E-state index contributed by atoms with van der Waals surface area (Å²) in [5.41, 5.74) is -0.519. The zero-order valence-electron chi connectivity index (χ0n) is 7.76. The van der Waals surface area contributed by atoms with Crippen LogP contribution >= 0.6 is 0 Å². The maximum atomic E-state index is 10.7. The summed E-state index contributed by atoms with van der Waals surface area (Å²) in [7, 11) is -4.70. The third-order valence-corrected chi connectivity index (χ3v) is 2.41. The molecule has 0 bridgehead atoms. The van der Waals surface area contributed by atoms with Crippen LogP contribution in [-0.4, -0.2) is 13.0 Å². The molecule has 0 aromatic heterocycles. The molecule has 70 valence electrons. The zero-order chi connectivity index (χ0) is 10.8. The van der Waals surface area contributed by atoms with Gasteiger partial charge in [-0.2, -0.15) is 10.5 Å². The first kappa shape index (κ1) is 14.1. The molecule has 0 aliphatic heterocycles. The van der Waals surface area contributed by atoms with Gasteiger partial charge in [0.15, 0.2) is 0 Å². The van der Waals surface area contributed by atoms with Crippen LogP contribution in [0.1, 0.15) is 11.1 Å². The smallest absolute Gasteiger partial charge is 0.744 e. The van der Waals surface area contributed by atoms with Crippen molar-refractivity contribution in [2.45, 2.75) is 4.90 Å². The van der Waals surface area contributed by atoms with E-state index in [-0.39, 0.29) is 35.1 Å². The Kier molecular flexibility index (Phi) is 4.95. The molecule has 1 aromatic rings. The molecule has 0 radical (unpaired) electrons. The van der Waals surface area contributed by atoms with Crippen molar-refractivity contribution in [3.05, 3.63) is 29.3 Å². The molecule has 0 aliphatic carbocycles. The molecule has 0 heterocycles. The van der Waals surface area contributed by atoms with E-state index >= 15 is 0 Å². The Bertz CT molecular complexity index is 554.